The van der Waals surface area contributed by atoms with E-state index < -0.39 is 24.4 Å². The molecule has 1 saturated heterocycles. The smallest absolute Gasteiger partial charge is 0.329 e. The maximum Gasteiger partial charge on any atom is 0.329 e. The van der Waals surface area contributed by atoms with E-state index in [4.69, 9.17) is 55.9 Å². The fraction of sp³-hybridized carbons (Fsp3) is 0.115. The van der Waals surface area contributed by atoms with Gasteiger partial charge in [-0.25, -0.2) is 9.69 Å². The first kappa shape index (κ1) is 27.6. The number of para-hydroxylation sites is 2. The number of nitrogens with zero attached hydrogens (tertiary/aromatic N) is 1. The van der Waals surface area contributed by atoms with E-state index in [-0.39, 0.29) is 28.1 Å². The summed E-state index contributed by atoms with van der Waals surface area (Å²) in [6, 6.07) is 14.1. The van der Waals surface area contributed by atoms with Gasteiger partial charge in [-0.15, -0.1) is 0 Å². The highest BCUT2D eigenvalue weighted by Gasteiger charge is 2.35. The van der Waals surface area contributed by atoms with Crippen molar-refractivity contribution in [1.82, 2.24) is 10.2 Å². The van der Waals surface area contributed by atoms with Crippen LogP contribution < -0.4 is 20.1 Å². The van der Waals surface area contributed by atoms with Crippen LogP contribution >= 0.6 is 46.4 Å². The quantitative estimate of drug-likeness (QED) is 0.232. The van der Waals surface area contributed by atoms with Crippen molar-refractivity contribution < 1.29 is 23.9 Å². The standard InChI is InChI=1S/C26H19Cl4N3O5/c1-37-22-5-3-2-4-20(22)31-23(34)12-33-25(35)21(32-26(33)36)10-14-8-18(29)24(19(30)9-14)38-13-15-6-7-16(27)11-17(15)28/h2-11H,12-13H2,1H3,(H,31,34)(H,32,36)/b21-10+. The van der Waals surface area contributed by atoms with Gasteiger partial charge in [-0.3, -0.25) is 9.59 Å². The third-order valence-electron chi connectivity index (χ3n) is 5.36. The highest BCUT2D eigenvalue weighted by molar-refractivity contribution is 6.37. The maximum absolute atomic E-state index is 12.8. The van der Waals surface area contributed by atoms with E-state index >= 15 is 0 Å². The van der Waals surface area contributed by atoms with E-state index in [1.165, 1.54) is 25.3 Å². The van der Waals surface area contributed by atoms with Crippen LogP contribution in [0.4, 0.5) is 10.5 Å². The Bertz CT molecular complexity index is 1440. The van der Waals surface area contributed by atoms with Gasteiger partial charge in [0.1, 0.15) is 24.6 Å². The largest absolute Gasteiger partial charge is 0.495 e. The normalized spacial score (nSPS) is 14.0. The van der Waals surface area contributed by atoms with Crippen molar-refractivity contribution in [3.8, 4) is 11.5 Å². The molecular formula is C26H19Cl4N3O5. The minimum absolute atomic E-state index is 0.0474. The van der Waals surface area contributed by atoms with Gasteiger partial charge in [-0.05, 0) is 48.0 Å². The molecule has 0 bridgehead atoms. The SMILES string of the molecule is COc1ccccc1NC(=O)CN1C(=O)N/C(=C/c2cc(Cl)c(OCc3ccc(Cl)cc3Cl)c(Cl)c2)C1=O. The average molecular weight is 595 g/mol. The van der Waals surface area contributed by atoms with Crippen LogP contribution in [0.2, 0.25) is 20.1 Å². The number of urea groups is 1. The number of halogens is 4. The molecule has 0 spiro atoms. The number of ether oxygens (including phenoxy) is 2. The molecule has 2 N–H and O–H groups in total. The van der Waals surface area contributed by atoms with Gasteiger partial charge in [0.05, 0.1) is 22.8 Å². The molecule has 38 heavy (non-hydrogen) atoms. The van der Waals surface area contributed by atoms with Crippen molar-refractivity contribution in [3.05, 3.63) is 91.5 Å². The van der Waals surface area contributed by atoms with Crippen LogP contribution in [0, 0.1) is 0 Å². The Balaban J connectivity index is 1.45. The molecule has 196 valence electrons. The van der Waals surface area contributed by atoms with Gasteiger partial charge in [0, 0.05) is 15.6 Å². The Kier molecular flexibility index (Phi) is 8.69. The van der Waals surface area contributed by atoms with Crippen molar-refractivity contribution in [1.29, 1.82) is 0 Å². The predicted octanol–water partition coefficient (Wildman–Crippen LogP) is 6.42. The number of carbonyl (C=O) groups excluding carboxylic acids is 3. The molecule has 8 nitrogen and oxygen atoms in total. The second-order valence-corrected chi connectivity index (χ2v) is 9.62. The van der Waals surface area contributed by atoms with Gasteiger partial charge < -0.3 is 20.1 Å². The summed E-state index contributed by atoms with van der Waals surface area (Å²) < 4.78 is 10.9. The molecule has 4 rings (SSSR count). The van der Waals surface area contributed by atoms with Gasteiger partial charge in [0.25, 0.3) is 5.91 Å². The van der Waals surface area contributed by atoms with Gasteiger partial charge in [0.15, 0.2) is 5.75 Å². The second-order valence-electron chi connectivity index (χ2n) is 7.97. The number of nitrogens with one attached hydrogen (secondary N) is 2. The highest BCUT2D eigenvalue weighted by atomic mass is 35.5. The summed E-state index contributed by atoms with van der Waals surface area (Å²) in [4.78, 5) is 38.5. The molecule has 0 aliphatic carbocycles. The van der Waals surface area contributed by atoms with Crippen molar-refractivity contribution in [2.75, 3.05) is 19.0 Å². The van der Waals surface area contributed by atoms with E-state index in [2.05, 4.69) is 10.6 Å². The third kappa shape index (κ3) is 6.34. The zero-order valence-electron chi connectivity index (χ0n) is 19.7. The Labute approximate surface area is 238 Å². The minimum atomic E-state index is -0.742. The molecule has 1 aliphatic heterocycles. The molecule has 1 aliphatic rings. The number of benzene rings is 3. The molecule has 3 aromatic carbocycles. The van der Waals surface area contributed by atoms with Crippen molar-refractivity contribution in [2.24, 2.45) is 0 Å². The molecule has 0 saturated carbocycles. The van der Waals surface area contributed by atoms with E-state index in [1.807, 2.05) is 0 Å². The summed E-state index contributed by atoms with van der Waals surface area (Å²) in [5.41, 5.74) is 1.48. The number of anilines is 1. The number of amides is 4. The first-order valence-corrected chi connectivity index (χ1v) is 12.5. The number of carbonyl (C=O) groups is 3. The molecule has 12 heteroatoms. The number of hydrogen-bond acceptors (Lipinski definition) is 5. The minimum Gasteiger partial charge on any atom is -0.495 e. The van der Waals surface area contributed by atoms with Crippen LogP contribution in [0.25, 0.3) is 6.08 Å². The first-order valence-electron chi connectivity index (χ1n) is 11.0. The monoisotopic (exact) mass is 593 g/mol. The van der Waals surface area contributed by atoms with Crippen LogP contribution in [0.15, 0.2) is 60.3 Å². The topological polar surface area (TPSA) is 97.0 Å². The Hall–Kier alpha value is -3.43. The van der Waals surface area contributed by atoms with Crippen molar-refractivity contribution in [2.45, 2.75) is 6.61 Å². The molecular weight excluding hydrogens is 576 g/mol. The third-order valence-corrected chi connectivity index (χ3v) is 6.51. The Morgan fingerprint density at radius 1 is 1.00 bits per heavy atom. The lowest BCUT2D eigenvalue weighted by Gasteiger charge is -2.13. The number of imide groups is 1. The molecule has 3 aromatic rings. The predicted molar refractivity (Wildman–Crippen MR) is 147 cm³/mol. The van der Waals surface area contributed by atoms with Crippen LogP contribution in [0.5, 0.6) is 11.5 Å². The average Bonchev–Trinajstić information content (AvgIpc) is 3.12. The fourth-order valence-electron chi connectivity index (χ4n) is 3.55. The summed E-state index contributed by atoms with van der Waals surface area (Å²) in [5.74, 6) is -0.600. The number of rotatable bonds is 8. The molecule has 0 atom stereocenters. The summed E-state index contributed by atoms with van der Waals surface area (Å²) in [7, 11) is 1.46. The van der Waals surface area contributed by atoms with Crippen molar-refractivity contribution in [3.63, 3.8) is 0 Å². The number of hydrogen-bond donors (Lipinski definition) is 2. The second kappa shape index (κ2) is 12.0. The maximum atomic E-state index is 12.8. The van der Waals surface area contributed by atoms with Gasteiger partial charge in [-0.2, -0.15) is 0 Å². The summed E-state index contributed by atoms with van der Waals surface area (Å²) in [5, 5.41) is 6.37. The zero-order chi connectivity index (χ0) is 27.4. The summed E-state index contributed by atoms with van der Waals surface area (Å²) >= 11 is 24.9. The molecule has 4 amide bonds. The van der Waals surface area contributed by atoms with Crippen LogP contribution in [-0.2, 0) is 16.2 Å². The van der Waals surface area contributed by atoms with E-state index in [0.717, 1.165) is 4.90 Å². The number of methoxy groups -OCH3 is 1. The molecule has 0 aromatic heterocycles. The summed E-state index contributed by atoms with van der Waals surface area (Å²) in [6.07, 6.45) is 1.40. The van der Waals surface area contributed by atoms with E-state index in [9.17, 15) is 14.4 Å². The molecule has 1 heterocycles. The summed E-state index contributed by atoms with van der Waals surface area (Å²) in [6.45, 7) is -0.405. The van der Waals surface area contributed by atoms with Crippen molar-refractivity contribution >= 4 is 76.0 Å². The van der Waals surface area contributed by atoms with Crippen LogP contribution in [0.3, 0.4) is 0 Å². The van der Waals surface area contributed by atoms with Gasteiger partial charge in [0.2, 0.25) is 5.91 Å². The van der Waals surface area contributed by atoms with Crippen LogP contribution in [0.1, 0.15) is 11.1 Å². The van der Waals surface area contributed by atoms with E-state index in [1.54, 1.807) is 42.5 Å². The van der Waals surface area contributed by atoms with Gasteiger partial charge in [-0.1, -0.05) is 64.6 Å². The van der Waals surface area contributed by atoms with Gasteiger partial charge >= 0.3 is 6.03 Å². The molecule has 0 radical (unpaired) electrons. The lowest BCUT2D eigenvalue weighted by atomic mass is 10.1. The highest BCUT2D eigenvalue weighted by Crippen LogP contribution is 2.36. The lowest BCUT2D eigenvalue weighted by Crippen LogP contribution is -2.38. The molecule has 1 fully saturated rings. The molecule has 0 unspecified atom stereocenters. The fourth-order valence-corrected chi connectivity index (χ4v) is 4.63. The van der Waals surface area contributed by atoms with E-state index in [0.29, 0.717) is 32.6 Å². The Morgan fingerprint density at radius 3 is 2.39 bits per heavy atom. The first-order chi connectivity index (χ1) is 18.2. The zero-order valence-corrected chi connectivity index (χ0v) is 22.7. The Morgan fingerprint density at radius 2 is 1.71 bits per heavy atom. The van der Waals surface area contributed by atoms with Crippen LogP contribution in [-0.4, -0.2) is 36.4 Å². The lowest BCUT2D eigenvalue weighted by molar-refractivity contribution is -0.127.